The van der Waals surface area contributed by atoms with E-state index < -0.39 is 29.0 Å². The third-order valence-electron chi connectivity index (χ3n) is 4.62. The zero-order valence-electron chi connectivity index (χ0n) is 14.8. The molecule has 0 saturated carbocycles. The van der Waals surface area contributed by atoms with E-state index in [0.717, 1.165) is 24.2 Å². The van der Waals surface area contributed by atoms with Crippen LogP contribution in [0, 0.1) is 17.5 Å². The Morgan fingerprint density at radius 3 is 2.57 bits per heavy atom. The van der Waals surface area contributed by atoms with Gasteiger partial charge >= 0.3 is 0 Å². The van der Waals surface area contributed by atoms with Gasteiger partial charge in [0.1, 0.15) is 0 Å². The highest BCUT2D eigenvalue weighted by Crippen LogP contribution is 2.36. The second-order valence-corrected chi connectivity index (χ2v) is 6.51. The molecule has 1 N–H and O–H groups in total. The quantitative estimate of drug-likeness (QED) is 0.687. The maximum atomic E-state index is 13.7. The van der Waals surface area contributed by atoms with Gasteiger partial charge in [0.2, 0.25) is 0 Å². The molecule has 0 radical (unpaired) electrons. The largest absolute Gasteiger partial charge is 0.321 e. The fraction of sp³-hybridized carbons (Fsp3) is 0.150. The molecule has 1 aliphatic rings. The van der Waals surface area contributed by atoms with E-state index in [1.165, 1.54) is 11.6 Å². The van der Waals surface area contributed by atoms with Crippen molar-refractivity contribution in [3.05, 3.63) is 77.2 Å². The lowest BCUT2D eigenvalue weighted by Gasteiger charge is -2.23. The van der Waals surface area contributed by atoms with Gasteiger partial charge < -0.3 is 10.2 Å². The van der Waals surface area contributed by atoms with E-state index in [-0.39, 0.29) is 11.7 Å². The smallest absolute Gasteiger partial charge is 0.276 e. The average molecular weight is 384 g/mol. The first-order valence-corrected chi connectivity index (χ1v) is 8.61. The lowest BCUT2D eigenvalue weighted by molar-refractivity contribution is 0.102. The first-order valence-electron chi connectivity index (χ1n) is 8.61. The Labute approximate surface area is 158 Å². The van der Waals surface area contributed by atoms with Crippen LogP contribution in [-0.2, 0) is 6.42 Å². The number of carbonyl (C=O) groups excluding carboxylic acids is 1. The molecule has 5 nitrogen and oxygen atoms in total. The van der Waals surface area contributed by atoms with Crippen molar-refractivity contribution < 1.29 is 18.0 Å². The number of hydrogen-bond donors (Lipinski definition) is 1. The molecule has 0 saturated heterocycles. The van der Waals surface area contributed by atoms with Crippen molar-refractivity contribution in [1.82, 2.24) is 10.2 Å². The third kappa shape index (κ3) is 3.06. The maximum Gasteiger partial charge on any atom is 0.276 e. The Morgan fingerprint density at radius 1 is 1.04 bits per heavy atom. The number of amides is 1. The van der Waals surface area contributed by atoms with Gasteiger partial charge in [-0.05, 0) is 49.2 Å². The SMILES string of the molecule is CC1Cc2ccccc2N1c1ccc(C(=O)Nc2ccc(F)c(F)c2F)nn1. The number of anilines is 3. The summed E-state index contributed by atoms with van der Waals surface area (Å²) < 4.78 is 40.0. The van der Waals surface area contributed by atoms with E-state index >= 15 is 0 Å². The number of halogens is 3. The summed E-state index contributed by atoms with van der Waals surface area (Å²) in [5, 5.41) is 10.2. The third-order valence-corrected chi connectivity index (χ3v) is 4.62. The predicted octanol–water partition coefficient (Wildman–Crippen LogP) is 4.23. The Balaban J connectivity index is 1.56. The number of carbonyl (C=O) groups is 1. The van der Waals surface area contributed by atoms with E-state index in [9.17, 15) is 18.0 Å². The summed E-state index contributed by atoms with van der Waals surface area (Å²) in [5.41, 5.74) is 1.68. The van der Waals surface area contributed by atoms with Crippen LogP contribution in [-0.4, -0.2) is 22.1 Å². The van der Waals surface area contributed by atoms with E-state index in [4.69, 9.17) is 0 Å². The van der Waals surface area contributed by atoms with Crippen LogP contribution >= 0.6 is 0 Å². The summed E-state index contributed by atoms with van der Waals surface area (Å²) in [5.74, 6) is -4.66. The fourth-order valence-corrected chi connectivity index (χ4v) is 3.30. The van der Waals surface area contributed by atoms with Crippen LogP contribution in [0.5, 0.6) is 0 Å². The molecule has 1 atom stereocenters. The molecule has 0 fully saturated rings. The van der Waals surface area contributed by atoms with Crippen LogP contribution in [0.25, 0.3) is 0 Å². The molecule has 8 heteroatoms. The van der Waals surface area contributed by atoms with Crippen LogP contribution in [0.4, 0.5) is 30.4 Å². The number of benzene rings is 2. The molecule has 4 rings (SSSR count). The minimum atomic E-state index is -1.65. The minimum Gasteiger partial charge on any atom is -0.321 e. The summed E-state index contributed by atoms with van der Waals surface area (Å²) in [7, 11) is 0. The van der Waals surface area contributed by atoms with Crippen LogP contribution < -0.4 is 10.2 Å². The van der Waals surface area contributed by atoms with Gasteiger partial charge in [0.25, 0.3) is 5.91 Å². The lowest BCUT2D eigenvalue weighted by atomic mass is 10.1. The van der Waals surface area contributed by atoms with Crippen LogP contribution in [0.3, 0.4) is 0 Å². The average Bonchev–Trinajstić information content (AvgIpc) is 3.04. The number of nitrogens with zero attached hydrogens (tertiary/aromatic N) is 3. The zero-order chi connectivity index (χ0) is 19.8. The topological polar surface area (TPSA) is 58.1 Å². The maximum absolute atomic E-state index is 13.7. The summed E-state index contributed by atoms with van der Waals surface area (Å²) >= 11 is 0. The van der Waals surface area contributed by atoms with Crippen LogP contribution in [0.1, 0.15) is 23.0 Å². The fourth-order valence-electron chi connectivity index (χ4n) is 3.30. The van der Waals surface area contributed by atoms with Gasteiger partial charge in [-0.25, -0.2) is 13.2 Å². The molecule has 1 aromatic heterocycles. The molecule has 1 aliphatic heterocycles. The van der Waals surface area contributed by atoms with Crippen molar-refractivity contribution in [2.24, 2.45) is 0 Å². The van der Waals surface area contributed by atoms with Gasteiger partial charge in [-0.2, -0.15) is 0 Å². The number of aromatic nitrogens is 2. The molecule has 0 aliphatic carbocycles. The van der Waals surface area contributed by atoms with E-state index in [2.05, 4.69) is 28.5 Å². The highest BCUT2D eigenvalue weighted by molar-refractivity contribution is 6.02. The Hall–Kier alpha value is -3.42. The Morgan fingerprint density at radius 2 is 1.82 bits per heavy atom. The van der Waals surface area contributed by atoms with Gasteiger partial charge in [0.15, 0.2) is 29.0 Å². The van der Waals surface area contributed by atoms with E-state index in [0.29, 0.717) is 5.82 Å². The number of para-hydroxylation sites is 1. The molecular weight excluding hydrogens is 369 g/mol. The summed E-state index contributed by atoms with van der Waals surface area (Å²) in [4.78, 5) is 14.3. The van der Waals surface area contributed by atoms with E-state index in [1.807, 2.05) is 23.1 Å². The van der Waals surface area contributed by atoms with Gasteiger partial charge in [-0.1, -0.05) is 18.2 Å². The number of nitrogens with one attached hydrogen (secondary N) is 1. The van der Waals surface area contributed by atoms with Gasteiger partial charge in [0, 0.05) is 11.7 Å². The highest BCUT2D eigenvalue weighted by atomic mass is 19.2. The van der Waals surface area contributed by atoms with Crippen molar-refractivity contribution in [3.63, 3.8) is 0 Å². The van der Waals surface area contributed by atoms with Crippen molar-refractivity contribution in [3.8, 4) is 0 Å². The molecule has 0 bridgehead atoms. The van der Waals surface area contributed by atoms with Crippen molar-refractivity contribution in [2.45, 2.75) is 19.4 Å². The molecule has 3 aromatic rings. The molecule has 1 amide bonds. The lowest BCUT2D eigenvalue weighted by Crippen LogP contribution is -2.25. The van der Waals surface area contributed by atoms with Crippen LogP contribution in [0.2, 0.25) is 0 Å². The van der Waals surface area contributed by atoms with Crippen molar-refractivity contribution in [2.75, 3.05) is 10.2 Å². The van der Waals surface area contributed by atoms with Gasteiger partial charge in [0.05, 0.1) is 5.69 Å². The first kappa shape index (κ1) is 18.0. The molecule has 0 spiro atoms. The predicted molar refractivity (Wildman–Crippen MR) is 98.0 cm³/mol. The highest BCUT2D eigenvalue weighted by Gasteiger charge is 2.28. The first-order chi connectivity index (χ1) is 13.5. The standard InChI is InChI=1S/C20H15F3N4O/c1-11-10-12-4-2-3-5-16(12)27(11)17-9-8-15(25-26-17)20(28)24-14-7-6-13(21)18(22)19(14)23/h2-9,11H,10H2,1H3,(H,24,28). The molecule has 28 heavy (non-hydrogen) atoms. The number of fused-ring (bicyclic) bond motifs is 1. The Bertz CT molecular complexity index is 1060. The molecule has 2 heterocycles. The summed E-state index contributed by atoms with van der Waals surface area (Å²) in [6, 6.07) is 12.9. The molecule has 2 aromatic carbocycles. The van der Waals surface area contributed by atoms with Crippen molar-refractivity contribution >= 4 is 23.1 Å². The second kappa shape index (κ2) is 6.95. The number of hydrogen-bond acceptors (Lipinski definition) is 4. The Kier molecular flexibility index (Phi) is 4.46. The van der Waals surface area contributed by atoms with Crippen LogP contribution in [0.15, 0.2) is 48.5 Å². The van der Waals surface area contributed by atoms with E-state index in [1.54, 1.807) is 6.07 Å². The zero-order valence-corrected chi connectivity index (χ0v) is 14.8. The van der Waals surface area contributed by atoms with Crippen molar-refractivity contribution in [1.29, 1.82) is 0 Å². The molecule has 142 valence electrons. The number of rotatable bonds is 3. The second-order valence-electron chi connectivity index (χ2n) is 6.51. The minimum absolute atomic E-state index is 0.0759. The normalized spacial score (nSPS) is 15.4. The molecule has 1 unspecified atom stereocenters. The molecular formula is C20H15F3N4O. The summed E-state index contributed by atoms with van der Waals surface area (Å²) in [6.07, 6.45) is 0.871. The monoisotopic (exact) mass is 384 g/mol. The van der Waals surface area contributed by atoms with Gasteiger partial charge in [-0.15, -0.1) is 10.2 Å². The van der Waals surface area contributed by atoms with Gasteiger partial charge in [-0.3, -0.25) is 4.79 Å². The summed E-state index contributed by atoms with van der Waals surface area (Å²) in [6.45, 7) is 2.06.